The van der Waals surface area contributed by atoms with Crippen LogP contribution in [0.4, 0.5) is 5.69 Å². The molecule has 1 aromatic rings. The van der Waals surface area contributed by atoms with Gasteiger partial charge in [0.25, 0.3) is 0 Å². The Bertz CT molecular complexity index is 462. The summed E-state index contributed by atoms with van der Waals surface area (Å²) >= 11 is 3.51. The van der Waals surface area contributed by atoms with Crippen LogP contribution in [-0.4, -0.2) is 42.6 Å². The number of benzene rings is 1. The zero-order valence-electron chi connectivity index (χ0n) is 10.6. The standard InChI is InChI=1S/C13H17BrN2O2/c1-9(17)10-3-4-12(11(14)7-10)16-6-5-15(2)13(18)8-16/h3-4,7,9,17H,5-6,8H2,1-2H3. The van der Waals surface area contributed by atoms with Gasteiger partial charge in [0.2, 0.25) is 5.91 Å². The van der Waals surface area contributed by atoms with Crippen LogP contribution in [-0.2, 0) is 4.79 Å². The number of anilines is 1. The fraction of sp³-hybridized carbons (Fsp3) is 0.462. The Morgan fingerprint density at radius 3 is 2.67 bits per heavy atom. The summed E-state index contributed by atoms with van der Waals surface area (Å²) in [5.74, 6) is 0.132. The number of halogens is 1. The summed E-state index contributed by atoms with van der Waals surface area (Å²) in [6.07, 6.45) is -0.482. The molecule has 1 saturated heterocycles. The highest BCUT2D eigenvalue weighted by molar-refractivity contribution is 9.10. The second kappa shape index (κ2) is 5.28. The molecule has 1 amide bonds. The van der Waals surface area contributed by atoms with Crippen molar-refractivity contribution in [2.75, 3.05) is 31.6 Å². The number of rotatable bonds is 2. The quantitative estimate of drug-likeness (QED) is 0.905. The Hall–Kier alpha value is -1.07. The highest BCUT2D eigenvalue weighted by Gasteiger charge is 2.22. The highest BCUT2D eigenvalue weighted by Crippen LogP contribution is 2.30. The van der Waals surface area contributed by atoms with Crippen LogP contribution in [0, 0.1) is 0 Å². The molecule has 0 aromatic heterocycles. The molecule has 5 heteroatoms. The molecule has 0 bridgehead atoms. The molecule has 1 heterocycles. The number of carbonyl (C=O) groups excluding carboxylic acids is 1. The molecule has 4 nitrogen and oxygen atoms in total. The third-order valence-corrected chi connectivity index (χ3v) is 3.89. The minimum absolute atomic E-state index is 0.132. The second-order valence-corrected chi connectivity index (χ2v) is 5.48. The number of hydrogen-bond acceptors (Lipinski definition) is 3. The fourth-order valence-electron chi connectivity index (χ4n) is 2.00. The largest absolute Gasteiger partial charge is 0.389 e. The van der Waals surface area contributed by atoms with Crippen molar-refractivity contribution < 1.29 is 9.90 Å². The number of aliphatic hydroxyl groups is 1. The summed E-state index contributed by atoms with van der Waals surface area (Å²) in [5, 5.41) is 9.53. The predicted molar refractivity (Wildman–Crippen MR) is 74.6 cm³/mol. The van der Waals surface area contributed by atoms with Gasteiger partial charge in [0.15, 0.2) is 0 Å². The van der Waals surface area contributed by atoms with Gasteiger partial charge in [0.05, 0.1) is 18.3 Å². The number of carbonyl (C=O) groups is 1. The van der Waals surface area contributed by atoms with Gasteiger partial charge in [-0.15, -0.1) is 0 Å². The van der Waals surface area contributed by atoms with Crippen LogP contribution in [0.1, 0.15) is 18.6 Å². The van der Waals surface area contributed by atoms with Gasteiger partial charge in [-0.2, -0.15) is 0 Å². The van der Waals surface area contributed by atoms with Gasteiger partial charge in [-0.05, 0) is 40.5 Å². The van der Waals surface area contributed by atoms with E-state index in [-0.39, 0.29) is 5.91 Å². The molecule has 98 valence electrons. The molecule has 2 rings (SSSR count). The topological polar surface area (TPSA) is 43.8 Å². The molecule has 0 radical (unpaired) electrons. The van der Waals surface area contributed by atoms with Crippen LogP contribution < -0.4 is 4.90 Å². The van der Waals surface area contributed by atoms with E-state index in [1.807, 2.05) is 25.2 Å². The Balaban J connectivity index is 2.21. The van der Waals surface area contributed by atoms with Gasteiger partial charge >= 0.3 is 0 Å². The Kier molecular flexibility index (Phi) is 3.92. The summed E-state index contributed by atoms with van der Waals surface area (Å²) in [6.45, 7) is 3.71. The summed E-state index contributed by atoms with van der Waals surface area (Å²) in [6, 6.07) is 5.75. The maximum Gasteiger partial charge on any atom is 0.241 e. The molecule has 18 heavy (non-hydrogen) atoms. The minimum atomic E-state index is -0.482. The monoisotopic (exact) mass is 312 g/mol. The van der Waals surface area contributed by atoms with E-state index in [1.54, 1.807) is 11.8 Å². The first-order valence-electron chi connectivity index (χ1n) is 5.95. The maximum atomic E-state index is 11.7. The first-order valence-corrected chi connectivity index (χ1v) is 6.75. The van der Waals surface area contributed by atoms with E-state index >= 15 is 0 Å². The smallest absolute Gasteiger partial charge is 0.241 e. The van der Waals surface area contributed by atoms with Gasteiger partial charge in [-0.25, -0.2) is 0 Å². The van der Waals surface area contributed by atoms with Crippen LogP contribution in [0.25, 0.3) is 0 Å². The molecule has 1 atom stereocenters. The lowest BCUT2D eigenvalue weighted by Crippen LogP contribution is -2.48. The van der Waals surface area contributed by atoms with Crippen molar-refractivity contribution in [3.8, 4) is 0 Å². The van der Waals surface area contributed by atoms with Crippen LogP contribution in [0.3, 0.4) is 0 Å². The molecule has 1 aromatic carbocycles. The van der Waals surface area contributed by atoms with Crippen molar-refractivity contribution in [3.05, 3.63) is 28.2 Å². The molecule has 1 N–H and O–H groups in total. The Morgan fingerprint density at radius 1 is 1.39 bits per heavy atom. The zero-order valence-corrected chi connectivity index (χ0v) is 12.1. The Morgan fingerprint density at radius 2 is 2.11 bits per heavy atom. The van der Waals surface area contributed by atoms with E-state index in [1.165, 1.54) is 0 Å². The number of likely N-dealkylation sites (N-methyl/N-ethyl adjacent to an activating group) is 1. The number of hydrogen-bond donors (Lipinski definition) is 1. The normalized spacial score (nSPS) is 18.1. The molecule has 0 spiro atoms. The lowest BCUT2D eigenvalue weighted by Gasteiger charge is -2.34. The number of aliphatic hydroxyl groups excluding tert-OH is 1. The number of nitrogens with zero attached hydrogens (tertiary/aromatic N) is 2. The lowest BCUT2D eigenvalue weighted by molar-refractivity contribution is -0.129. The molecular formula is C13H17BrN2O2. The summed E-state index contributed by atoms with van der Waals surface area (Å²) in [7, 11) is 1.82. The fourth-order valence-corrected chi connectivity index (χ4v) is 2.65. The summed E-state index contributed by atoms with van der Waals surface area (Å²) in [4.78, 5) is 15.5. The van der Waals surface area contributed by atoms with Gasteiger partial charge in [0.1, 0.15) is 0 Å². The maximum absolute atomic E-state index is 11.7. The van der Waals surface area contributed by atoms with Crippen molar-refractivity contribution in [2.45, 2.75) is 13.0 Å². The van der Waals surface area contributed by atoms with Crippen LogP contribution in [0.2, 0.25) is 0 Å². The Labute approximate surface area is 115 Å². The van der Waals surface area contributed by atoms with Crippen molar-refractivity contribution in [1.29, 1.82) is 0 Å². The van der Waals surface area contributed by atoms with E-state index in [2.05, 4.69) is 20.8 Å². The molecule has 1 fully saturated rings. The van der Waals surface area contributed by atoms with E-state index in [4.69, 9.17) is 0 Å². The molecular weight excluding hydrogens is 296 g/mol. The van der Waals surface area contributed by atoms with Gasteiger partial charge in [-0.1, -0.05) is 6.07 Å². The molecule has 1 aliphatic heterocycles. The predicted octanol–water partition coefficient (Wildman–Crippen LogP) is 1.78. The van der Waals surface area contributed by atoms with E-state index in [0.717, 1.165) is 28.8 Å². The van der Waals surface area contributed by atoms with E-state index < -0.39 is 6.10 Å². The van der Waals surface area contributed by atoms with Crippen molar-refractivity contribution in [2.24, 2.45) is 0 Å². The second-order valence-electron chi connectivity index (χ2n) is 4.62. The van der Waals surface area contributed by atoms with E-state index in [9.17, 15) is 9.90 Å². The average molecular weight is 313 g/mol. The minimum Gasteiger partial charge on any atom is -0.389 e. The molecule has 0 aliphatic carbocycles. The first-order chi connectivity index (χ1) is 8.49. The number of piperazine rings is 1. The highest BCUT2D eigenvalue weighted by atomic mass is 79.9. The van der Waals surface area contributed by atoms with Crippen molar-refractivity contribution in [3.63, 3.8) is 0 Å². The van der Waals surface area contributed by atoms with Gasteiger partial charge in [-0.3, -0.25) is 4.79 Å². The molecule has 1 aliphatic rings. The first kappa shape index (κ1) is 13.4. The van der Waals surface area contributed by atoms with Gasteiger partial charge < -0.3 is 14.9 Å². The molecule has 1 unspecified atom stereocenters. The summed E-state index contributed by atoms with van der Waals surface area (Å²) < 4.78 is 0.915. The van der Waals surface area contributed by atoms with E-state index in [0.29, 0.717) is 6.54 Å². The average Bonchev–Trinajstić information content (AvgIpc) is 2.32. The van der Waals surface area contributed by atoms with Crippen molar-refractivity contribution in [1.82, 2.24) is 4.90 Å². The third kappa shape index (κ3) is 2.67. The SMILES string of the molecule is CC(O)c1ccc(N2CCN(C)C(=O)C2)c(Br)c1. The zero-order chi connectivity index (χ0) is 13.3. The third-order valence-electron chi connectivity index (χ3n) is 3.25. The molecule has 0 saturated carbocycles. The lowest BCUT2D eigenvalue weighted by atomic mass is 10.1. The van der Waals surface area contributed by atoms with Crippen LogP contribution in [0.5, 0.6) is 0 Å². The number of amides is 1. The van der Waals surface area contributed by atoms with Crippen molar-refractivity contribution >= 4 is 27.5 Å². The van der Waals surface area contributed by atoms with Crippen LogP contribution >= 0.6 is 15.9 Å². The van der Waals surface area contributed by atoms with Crippen LogP contribution in [0.15, 0.2) is 22.7 Å². The summed E-state index contributed by atoms with van der Waals surface area (Å²) in [5.41, 5.74) is 1.87. The van der Waals surface area contributed by atoms with Gasteiger partial charge in [0, 0.05) is 24.6 Å².